The molecule has 112 valence electrons. The molecular formula is C18H22O3. The molecule has 0 radical (unpaired) electrons. The van der Waals surface area contributed by atoms with Gasteiger partial charge in [0.25, 0.3) is 0 Å². The molecule has 2 aromatic carbocycles. The van der Waals surface area contributed by atoms with Crippen molar-refractivity contribution in [3.63, 3.8) is 0 Å². The number of hydrogen-bond donors (Lipinski definition) is 3. The van der Waals surface area contributed by atoms with E-state index in [0.717, 1.165) is 17.5 Å². The first-order valence-corrected chi connectivity index (χ1v) is 7.32. The Hall–Kier alpha value is -2.00. The molecule has 0 saturated heterocycles. The molecule has 21 heavy (non-hydrogen) atoms. The van der Waals surface area contributed by atoms with Crippen LogP contribution in [-0.2, 0) is 5.60 Å². The zero-order chi connectivity index (χ0) is 15.5. The predicted octanol–water partition coefficient (Wildman–Crippen LogP) is 3.89. The van der Waals surface area contributed by atoms with Crippen LogP contribution >= 0.6 is 0 Å². The second kappa shape index (κ2) is 6.19. The summed E-state index contributed by atoms with van der Waals surface area (Å²) in [6, 6.07) is 13.7. The Morgan fingerprint density at radius 3 is 1.76 bits per heavy atom. The van der Waals surface area contributed by atoms with Gasteiger partial charge in [0.1, 0.15) is 11.5 Å². The van der Waals surface area contributed by atoms with Crippen LogP contribution < -0.4 is 0 Å². The van der Waals surface area contributed by atoms with Crippen LogP contribution in [0, 0.1) is 0 Å². The molecule has 0 saturated carbocycles. The van der Waals surface area contributed by atoms with E-state index in [1.165, 1.54) is 0 Å². The molecule has 0 aliphatic carbocycles. The zero-order valence-corrected chi connectivity index (χ0v) is 12.5. The number of benzene rings is 2. The van der Waals surface area contributed by atoms with Gasteiger partial charge in [0.2, 0.25) is 0 Å². The lowest BCUT2D eigenvalue weighted by molar-refractivity contribution is 0.00143. The van der Waals surface area contributed by atoms with Gasteiger partial charge in [-0.2, -0.15) is 0 Å². The third kappa shape index (κ3) is 3.03. The lowest BCUT2D eigenvalue weighted by Crippen LogP contribution is -2.32. The molecule has 0 amide bonds. The van der Waals surface area contributed by atoms with E-state index in [1.54, 1.807) is 36.4 Å². The third-order valence-corrected chi connectivity index (χ3v) is 4.19. The van der Waals surface area contributed by atoms with E-state index in [4.69, 9.17) is 0 Å². The first-order chi connectivity index (χ1) is 10.0. The second-order valence-corrected chi connectivity index (χ2v) is 5.38. The smallest absolute Gasteiger partial charge is 0.115 e. The lowest BCUT2D eigenvalue weighted by Gasteiger charge is -2.36. The van der Waals surface area contributed by atoms with Gasteiger partial charge < -0.3 is 15.3 Å². The van der Waals surface area contributed by atoms with E-state index in [9.17, 15) is 15.3 Å². The maximum Gasteiger partial charge on any atom is 0.115 e. The minimum absolute atomic E-state index is 0.0763. The van der Waals surface area contributed by atoms with Crippen molar-refractivity contribution in [2.75, 3.05) is 0 Å². The summed E-state index contributed by atoms with van der Waals surface area (Å²) >= 11 is 0. The number of aliphatic hydroxyl groups is 1. The topological polar surface area (TPSA) is 60.7 Å². The summed E-state index contributed by atoms with van der Waals surface area (Å²) in [6.45, 7) is 3.99. The van der Waals surface area contributed by atoms with Crippen molar-refractivity contribution in [3.8, 4) is 11.5 Å². The van der Waals surface area contributed by atoms with Crippen LogP contribution in [0.3, 0.4) is 0 Å². The molecule has 2 rings (SSSR count). The number of hydrogen-bond acceptors (Lipinski definition) is 3. The van der Waals surface area contributed by atoms with Gasteiger partial charge in [-0.15, -0.1) is 0 Å². The molecule has 2 atom stereocenters. The van der Waals surface area contributed by atoms with E-state index in [1.807, 2.05) is 26.0 Å². The molecule has 0 fully saturated rings. The van der Waals surface area contributed by atoms with Crippen molar-refractivity contribution in [1.82, 2.24) is 0 Å². The van der Waals surface area contributed by atoms with Crippen LogP contribution in [0.4, 0.5) is 0 Å². The summed E-state index contributed by atoms with van der Waals surface area (Å²) in [5.41, 5.74) is 0.787. The van der Waals surface area contributed by atoms with Crippen LogP contribution in [0.25, 0.3) is 0 Å². The molecule has 2 aromatic rings. The van der Waals surface area contributed by atoms with E-state index in [2.05, 4.69) is 0 Å². The van der Waals surface area contributed by atoms with Crippen LogP contribution in [-0.4, -0.2) is 15.3 Å². The molecule has 0 aromatic heterocycles. The summed E-state index contributed by atoms with van der Waals surface area (Å²) < 4.78 is 0. The summed E-state index contributed by atoms with van der Waals surface area (Å²) in [6.07, 6.45) is 1.34. The van der Waals surface area contributed by atoms with Crippen molar-refractivity contribution in [2.24, 2.45) is 0 Å². The molecule has 0 aliphatic heterocycles. The summed E-state index contributed by atoms with van der Waals surface area (Å²) in [4.78, 5) is 0. The molecule has 0 aliphatic rings. The third-order valence-electron chi connectivity index (χ3n) is 4.19. The average Bonchev–Trinajstić information content (AvgIpc) is 2.50. The van der Waals surface area contributed by atoms with Gasteiger partial charge in [-0.1, -0.05) is 38.1 Å². The van der Waals surface area contributed by atoms with E-state index >= 15 is 0 Å². The van der Waals surface area contributed by atoms with Gasteiger partial charge in [0.15, 0.2) is 0 Å². The molecule has 0 heterocycles. The van der Waals surface area contributed by atoms with Crippen molar-refractivity contribution in [3.05, 3.63) is 59.7 Å². The predicted molar refractivity (Wildman–Crippen MR) is 83.4 cm³/mol. The molecular weight excluding hydrogens is 264 g/mol. The normalized spacial score (nSPS) is 15.4. The number of phenolic OH excluding ortho intramolecular Hbond substituents is 2. The van der Waals surface area contributed by atoms with Crippen molar-refractivity contribution in [2.45, 2.75) is 38.2 Å². The molecule has 3 heteroatoms. The molecule has 3 N–H and O–H groups in total. The largest absolute Gasteiger partial charge is 0.508 e. The minimum Gasteiger partial charge on any atom is -0.508 e. The average molecular weight is 286 g/mol. The van der Waals surface area contributed by atoms with Crippen LogP contribution in [0.1, 0.15) is 43.7 Å². The van der Waals surface area contributed by atoms with Gasteiger partial charge in [-0.25, -0.2) is 0 Å². The highest BCUT2D eigenvalue weighted by Gasteiger charge is 2.36. The Bertz CT molecular complexity index is 574. The zero-order valence-electron chi connectivity index (χ0n) is 12.5. The Kier molecular flexibility index (Phi) is 4.53. The molecule has 0 unspecified atom stereocenters. The monoisotopic (exact) mass is 286 g/mol. The fraction of sp³-hybridized carbons (Fsp3) is 0.333. The van der Waals surface area contributed by atoms with Gasteiger partial charge in [-0.05, 0) is 48.2 Å². The summed E-state index contributed by atoms with van der Waals surface area (Å²) in [7, 11) is 0. The quantitative estimate of drug-likeness (QED) is 0.781. The molecule has 0 spiro atoms. The first kappa shape index (κ1) is 15.4. The highest BCUT2D eigenvalue weighted by Crippen LogP contribution is 2.42. The second-order valence-electron chi connectivity index (χ2n) is 5.38. The van der Waals surface area contributed by atoms with Crippen LogP contribution in [0.2, 0.25) is 0 Å². The number of phenols is 2. The fourth-order valence-electron chi connectivity index (χ4n) is 2.96. The van der Waals surface area contributed by atoms with Gasteiger partial charge in [0.05, 0.1) is 5.60 Å². The maximum atomic E-state index is 11.2. The Balaban J connectivity index is 2.45. The van der Waals surface area contributed by atoms with Gasteiger partial charge in [0, 0.05) is 5.92 Å². The Morgan fingerprint density at radius 2 is 1.33 bits per heavy atom. The van der Waals surface area contributed by atoms with Crippen LogP contribution in [0.15, 0.2) is 48.5 Å². The highest BCUT2D eigenvalue weighted by molar-refractivity contribution is 5.36. The van der Waals surface area contributed by atoms with Crippen molar-refractivity contribution in [1.29, 1.82) is 0 Å². The summed E-state index contributed by atoms with van der Waals surface area (Å²) in [5.74, 6) is 0.334. The van der Waals surface area contributed by atoms with Crippen molar-refractivity contribution >= 4 is 0 Å². The Labute approximate surface area is 125 Å². The van der Waals surface area contributed by atoms with E-state index < -0.39 is 5.60 Å². The summed E-state index contributed by atoms with van der Waals surface area (Å²) in [5, 5.41) is 30.1. The van der Waals surface area contributed by atoms with E-state index in [-0.39, 0.29) is 17.4 Å². The van der Waals surface area contributed by atoms with Gasteiger partial charge >= 0.3 is 0 Å². The van der Waals surface area contributed by atoms with Crippen LogP contribution in [0.5, 0.6) is 11.5 Å². The van der Waals surface area contributed by atoms with E-state index in [0.29, 0.717) is 6.42 Å². The number of aromatic hydroxyl groups is 2. The SMILES string of the molecule is CC[C@H](c1ccc(O)cc1)[C@](O)(CC)c1ccc(O)cc1. The fourth-order valence-corrected chi connectivity index (χ4v) is 2.96. The number of rotatable bonds is 5. The maximum absolute atomic E-state index is 11.2. The highest BCUT2D eigenvalue weighted by atomic mass is 16.3. The van der Waals surface area contributed by atoms with Gasteiger partial charge in [-0.3, -0.25) is 0 Å². The minimum atomic E-state index is -1.00. The standard InChI is InChI=1S/C18H22O3/c1-3-17(13-5-9-15(19)10-6-13)18(21,4-2)14-7-11-16(20)12-8-14/h5-12,17,19-21H,3-4H2,1-2H3/t17-,18+/m1/s1. The molecule has 0 bridgehead atoms. The Morgan fingerprint density at radius 1 is 0.857 bits per heavy atom. The molecule has 3 nitrogen and oxygen atoms in total. The van der Waals surface area contributed by atoms with Crippen molar-refractivity contribution < 1.29 is 15.3 Å². The first-order valence-electron chi connectivity index (χ1n) is 7.32. The lowest BCUT2D eigenvalue weighted by atomic mass is 9.74.